The van der Waals surface area contributed by atoms with Crippen molar-refractivity contribution in [3.8, 4) is 0 Å². The van der Waals surface area contributed by atoms with E-state index in [2.05, 4.69) is 0 Å². The number of sulfonamides is 1. The number of benzene rings is 2. The molecule has 0 aliphatic carbocycles. The fourth-order valence-corrected chi connectivity index (χ4v) is 4.86. The zero-order valence-corrected chi connectivity index (χ0v) is 17.3. The molecule has 7 heteroatoms. The molecule has 1 saturated heterocycles. The number of carbonyl (C=O) groups excluding carboxylic acids is 1. The first kappa shape index (κ1) is 20.8. The molecule has 0 unspecified atom stereocenters. The van der Waals surface area contributed by atoms with Crippen molar-refractivity contribution in [2.75, 3.05) is 19.6 Å². The summed E-state index contributed by atoms with van der Waals surface area (Å²) >= 11 is 5.94. The molecule has 0 N–H and O–H groups in total. The predicted octanol–water partition coefficient (Wildman–Crippen LogP) is 3.93. The number of hydrogen-bond acceptors (Lipinski definition) is 3. The number of nitrogens with zero attached hydrogens (tertiary/aromatic N) is 2. The average molecular weight is 421 g/mol. The fourth-order valence-electron chi connectivity index (χ4n) is 3.33. The molecule has 1 fully saturated rings. The molecule has 5 nitrogen and oxygen atoms in total. The molecule has 0 bridgehead atoms. The molecule has 3 rings (SSSR count). The molecule has 0 radical (unpaired) electrons. The van der Waals surface area contributed by atoms with Crippen LogP contribution in [0.2, 0.25) is 5.02 Å². The largest absolute Gasteiger partial charge is 0.342 e. The molecule has 0 saturated carbocycles. The molecule has 2 aromatic rings. The third-order valence-corrected chi connectivity index (χ3v) is 6.98. The van der Waals surface area contributed by atoms with Gasteiger partial charge in [-0.05, 0) is 42.7 Å². The van der Waals surface area contributed by atoms with E-state index in [1.807, 2.05) is 0 Å². The van der Waals surface area contributed by atoms with Crippen LogP contribution in [0.1, 0.15) is 31.2 Å². The maximum absolute atomic E-state index is 13.2. The zero-order chi connectivity index (χ0) is 20.0. The van der Waals surface area contributed by atoms with Gasteiger partial charge in [0.25, 0.3) is 0 Å². The van der Waals surface area contributed by atoms with E-state index in [0.29, 0.717) is 18.1 Å². The third kappa shape index (κ3) is 5.34. The Balaban J connectivity index is 1.85. The van der Waals surface area contributed by atoms with E-state index in [-0.39, 0.29) is 23.9 Å². The summed E-state index contributed by atoms with van der Waals surface area (Å²) in [7, 11) is -3.80. The van der Waals surface area contributed by atoms with Crippen LogP contribution in [-0.2, 0) is 21.4 Å². The summed E-state index contributed by atoms with van der Waals surface area (Å²) in [6, 6.07) is 15.3. The van der Waals surface area contributed by atoms with Crippen molar-refractivity contribution in [2.24, 2.45) is 0 Å². The highest BCUT2D eigenvalue weighted by Gasteiger charge is 2.28. The van der Waals surface area contributed by atoms with Crippen LogP contribution >= 0.6 is 11.6 Å². The van der Waals surface area contributed by atoms with E-state index in [4.69, 9.17) is 11.6 Å². The van der Waals surface area contributed by atoms with Gasteiger partial charge in [-0.1, -0.05) is 54.8 Å². The maximum Gasteiger partial charge on any atom is 0.243 e. The lowest BCUT2D eigenvalue weighted by Gasteiger charge is -2.26. The van der Waals surface area contributed by atoms with Crippen LogP contribution in [0.4, 0.5) is 0 Å². The fraction of sp³-hybridized carbons (Fsp3) is 0.381. The van der Waals surface area contributed by atoms with Crippen LogP contribution in [0.5, 0.6) is 0 Å². The van der Waals surface area contributed by atoms with Gasteiger partial charge in [0, 0.05) is 24.7 Å². The summed E-state index contributed by atoms with van der Waals surface area (Å²) < 4.78 is 27.7. The van der Waals surface area contributed by atoms with Gasteiger partial charge in [0.2, 0.25) is 15.9 Å². The Morgan fingerprint density at radius 2 is 1.54 bits per heavy atom. The molecule has 0 atom stereocenters. The van der Waals surface area contributed by atoms with Crippen LogP contribution in [0.3, 0.4) is 0 Å². The molecule has 1 aliphatic rings. The summed E-state index contributed by atoms with van der Waals surface area (Å²) in [5.74, 6) is -0.143. The monoisotopic (exact) mass is 420 g/mol. The van der Waals surface area contributed by atoms with Crippen LogP contribution in [0.15, 0.2) is 59.5 Å². The van der Waals surface area contributed by atoms with Crippen molar-refractivity contribution in [3.63, 3.8) is 0 Å². The van der Waals surface area contributed by atoms with E-state index >= 15 is 0 Å². The summed E-state index contributed by atoms with van der Waals surface area (Å²) in [6.07, 6.45) is 4.16. The molecule has 2 aromatic carbocycles. The normalized spacial score (nSPS) is 15.4. The first-order chi connectivity index (χ1) is 13.5. The van der Waals surface area contributed by atoms with Crippen LogP contribution < -0.4 is 0 Å². The topological polar surface area (TPSA) is 57.7 Å². The second kappa shape index (κ2) is 9.54. The minimum Gasteiger partial charge on any atom is -0.342 e. The number of amides is 1. The smallest absolute Gasteiger partial charge is 0.243 e. The lowest BCUT2D eigenvalue weighted by Crippen LogP contribution is -2.43. The Hall–Kier alpha value is -1.89. The van der Waals surface area contributed by atoms with Gasteiger partial charge in [-0.2, -0.15) is 4.31 Å². The first-order valence-electron chi connectivity index (χ1n) is 9.54. The molecule has 1 heterocycles. The van der Waals surface area contributed by atoms with Gasteiger partial charge in [-0.3, -0.25) is 4.79 Å². The second-order valence-electron chi connectivity index (χ2n) is 7.01. The van der Waals surface area contributed by atoms with Crippen LogP contribution in [0.25, 0.3) is 0 Å². The summed E-state index contributed by atoms with van der Waals surface area (Å²) in [5.41, 5.74) is 0.785. The van der Waals surface area contributed by atoms with E-state index in [9.17, 15) is 13.2 Å². The highest BCUT2D eigenvalue weighted by atomic mass is 35.5. The first-order valence-corrected chi connectivity index (χ1v) is 11.4. The Labute approximate surface area is 172 Å². The van der Waals surface area contributed by atoms with Crippen LogP contribution in [0, 0.1) is 0 Å². The molecule has 28 heavy (non-hydrogen) atoms. The number of hydrogen-bond donors (Lipinski definition) is 0. The van der Waals surface area contributed by atoms with E-state index in [1.54, 1.807) is 59.5 Å². The number of rotatable bonds is 6. The van der Waals surface area contributed by atoms with Gasteiger partial charge in [0.05, 0.1) is 11.4 Å². The SMILES string of the molecule is O=C(CN(Cc1ccc(Cl)cc1)S(=O)(=O)c1ccccc1)N1CCCCCC1. The Morgan fingerprint density at radius 1 is 0.929 bits per heavy atom. The zero-order valence-electron chi connectivity index (χ0n) is 15.8. The van der Waals surface area contributed by atoms with Crippen molar-refractivity contribution in [1.82, 2.24) is 9.21 Å². The van der Waals surface area contributed by atoms with Gasteiger partial charge in [0.15, 0.2) is 0 Å². The van der Waals surface area contributed by atoms with E-state index < -0.39 is 10.0 Å². The van der Waals surface area contributed by atoms with Crippen molar-refractivity contribution in [2.45, 2.75) is 37.1 Å². The quantitative estimate of drug-likeness (QED) is 0.711. The van der Waals surface area contributed by atoms with Gasteiger partial charge >= 0.3 is 0 Å². The number of likely N-dealkylation sites (tertiary alicyclic amines) is 1. The summed E-state index contributed by atoms with van der Waals surface area (Å²) in [6.45, 7) is 1.34. The van der Waals surface area contributed by atoms with E-state index in [1.165, 1.54) is 4.31 Å². The van der Waals surface area contributed by atoms with Crippen LogP contribution in [-0.4, -0.2) is 43.2 Å². The van der Waals surface area contributed by atoms with Gasteiger partial charge in [0.1, 0.15) is 0 Å². The molecular weight excluding hydrogens is 396 g/mol. The van der Waals surface area contributed by atoms with Gasteiger partial charge < -0.3 is 4.90 Å². The summed E-state index contributed by atoms with van der Waals surface area (Å²) in [4.78, 5) is 14.9. The van der Waals surface area contributed by atoms with Crippen molar-refractivity contribution in [1.29, 1.82) is 0 Å². The molecule has 1 amide bonds. The highest BCUT2D eigenvalue weighted by Crippen LogP contribution is 2.20. The third-order valence-electron chi connectivity index (χ3n) is 4.92. The standard InChI is InChI=1S/C21H25ClN2O3S/c22-19-12-10-18(11-13-19)16-24(28(26,27)20-8-4-3-5-9-20)17-21(25)23-14-6-1-2-7-15-23/h3-5,8-13H,1-2,6-7,14-17H2. The lowest BCUT2D eigenvalue weighted by molar-refractivity contribution is -0.131. The van der Waals surface area contributed by atoms with Crippen molar-refractivity contribution in [3.05, 3.63) is 65.2 Å². The Kier molecular flexibility index (Phi) is 7.10. The minimum atomic E-state index is -3.80. The highest BCUT2D eigenvalue weighted by molar-refractivity contribution is 7.89. The Bertz CT molecular complexity index is 878. The predicted molar refractivity (Wildman–Crippen MR) is 111 cm³/mol. The molecule has 0 spiro atoms. The molecule has 150 valence electrons. The number of halogens is 1. The van der Waals surface area contributed by atoms with Crippen molar-refractivity contribution < 1.29 is 13.2 Å². The molecule has 1 aliphatic heterocycles. The average Bonchev–Trinajstić information content (AvgIpc) is 2.99. The summed E-state index contributed by atoms with van der Waals surface area (Å²) in [5, 5.41) is 0.585. The second-order valence-corrected chi connectivity index (χ2v) is 9.38. The minimum absolute atomic E-state index is 0.119. The van der Waals surface area contributed by atoms with Crippen molar-refractivity contribution >= 4 is 27.5 Å². The molecular formula is C21H25ClN2O3S. The van der Waals surface area contributed by atoms with Gasteiger partial charge in [-0.25, -0.2) is 8.42 Å². The van der Waals surface area contributed by atoms with Gasteiger partial charge in [-0.15, -0.1) is 0 Å². The maximum atomic E-state index is 13.2. The lowest BCUT2D eigenvalue weighted by atomic mass is 10.2. The Morgan fingerprint density at radius 3 is 2.14 bits per heavy atom. The van der Waals surface area contributed by atoms with E-state index in [0.717, 1.165) is 31.2 Å². The molecule has 0 aromatic heterocycles. The number of carbonyl (C=O) groups is 1.